The lowest BCUT2D eigenvalue weighted by molar-refractivity contribution is 0.483. The SMILES string of the molecule is Cn1c2ccccc2c2cc3c4ccccc4n(C)c3c(N3CN(c4cccc(Oc5ccc6c7cc(-n8c9ccccc9c9ccccc98)ccc7n(-c7cc(C(C)(C)C)ccn7)c6c5)c4)c4ccccc43)c21. The molecule has 0 aliphatic carbocycles. The molecule has 6 heterocycles. The van der Waals surface area contributed by atoms with Gasteiger partial charge in [-0.15, -0.1) is 0 Å². The minimum atomic E-state index is -0.0576. The van der Waals surface area contributed by atoms with Gasteiger partial charge in [0.25, 0.3) is 0 Å². The highest BCUT2D eigenvalue weighted by molar-refractivity contribution is 6.25. The number of hydrogen-bond acceptors (Lipinski definition) is 4. The van der Waals surface area contributed by atoms with Crippen LogP contribution in [-0.2, 0) is 19.5 Å². The zero-order valence-electron chi connectivity index (χ0n) is 41.9. The zero-order chi connectivity index (χ0) is 49.6. The van der Waals surface area contributed by atoms with Crippen LogP contribution >= 0.6 is 0 Å². The second kappa shape index (κ2) is 15.6. The van der Waals surface area contributed by atoms with Crippen LogP contribution in [-0.4, -0.2) is 29.9 Å². The Morgan fingerprint density at radius 2 is 0.959 bits per heavy atom. The number of anilines is 4. The summed E-state index contributed by atoms with van der Waals surface area (Å²) in [5.74, 6) is 2.38. The minimum absolute atomic E-state index is 0.0576. The summed E-state index contributed by atoms with van der Waals surface area (Å²) in [4.78, 5) is 9.97. The molecular formula is C66H51N7O. The quantitative estimate of drug-likeness (QED) is 0.167. The molecule has 0 N–H and O–H groups in total. The van der Waals surface area contributed by atoms with Crippen molar-refractivity contribution < 1.29 is 4.74 Å². The van der Waals surface area contributed by atoms with Crippen molar-refractivity contribution in [3.8, 4) is 23.0 Å². The number of ether oxygens (including phenoxy) is 1. The zero-order valence-corrected chi connectivity index (χ0v) is 41.9. The fraction of sp³-hybridized carbons (Fsp3) is 0.106. The summed E-state index contributed by atoms with van der Waals surface area (Å²) in [5, 5.41) is 9.78. The van der Waals surface area contributed by atoms with Crippen molar-refractivity contribution >= 4 is 110 Å². The first-order chi connectivity index (χ1) is 36.2. The van der Waals surface area contributed by atoms with Gasteiger partial charge in [0, 0.05) is 97.9 Å². The van der Waals surface area contributed by atoms with E-state index in [4.69, 9.17) is 9.72 Å². The molecule has 0 saturated carbocycles. The van der Waals surface area contributed by atoms with Gasteiger partial charge in [-0.2, -0.15) is 0 Å². The van der Waals surface area contributed by atoms with E-state index in [0.29, 0.717) is 6.67 Å². The molecule has 8 nitrogen and oxygen atoms in total. The lowest BCUT2D eigenvalue weighted by atomic mass is 9.88. The van der Waals surface area contributed by atoms with Gasteiger partial charge >= 0.3 is 0 Å². The molecule has 0 spiro atoms. The molecule has 14 aromatic rings. The smallest absolute Gasteiger partial charge is 0.137 e. The van der Waals surface area contributed by atoms with Crippen LogP contribution in [0.25, 0.3) is 98.7 Å². The Hall–Kier alpha value is -9.27. The summed E-state index contributed by atoms with van der Waals surface area (Å²) >= 11 is 0. The molecule has 0 unspecified atom stereocenters. The van der Waals surface area contributed by atoms with Crippen LogP contribution in [0.5, 0.6) is 11.5 Å². The van der Waals surface area contributed by atoms with Gasteiger partial charge in [0.1, 0.15) is 24.0 Å². The number of nitrogens with zero attached hydrogens (tertiary/aromatic N) is 7. The number of para-hydroxylation sites is 6. The summed E-state index contributed by atoms with van der Waals surface area (Å²) in [6.45, 7) is 7.37. The predicted molar refractivity (Wildman–Crippen MR) is 308 cm³/mol. The van der Waals surface area contributed by atoms with Crippen LogP contribution in [0.1, 0.15) is 26.3 Å². The van der Waals surface area contributed by atoms with E-state index in [0.717, 1.165) is 61.9 Å². The van der Waals surface area contributed by atoms with Crippen molar-refractivity contribution in [3.05, 3.63) is 212 Å². The Labute approximate surface area is 427 Å². The molecule has 0 radical (unpaired) electrons. The summed E-state index contributed by atoms with van der Waals surface area (Å²) in [5.41, 5.74) is 16.2. The van der Waals surface area contributed by atoms with E-state index in [1.807, 2.05) is 6.20 Å². The average Bonchev–Trinajstić information content (AvgIpc) is 4.22. The maximum Gasteiger partial charge on any atom is 0.137 e. The van der Waals surface area contributed by atoms with Crippen LogP contribution in [0, 0.1) is 0 Å². The second-order valence-electron chi connectivity index (χ2n) is 21.0. The summed E-state index contributed by atoms with van der Waals surface area (Å²) < 4.78 is 16.4. The van der Waals surface area contributed by atoms with Gasteiger partial charge in [0.15, 0.2) is 0 Å². The molecule has 356 valence electrons. The van der Waals surface area contributed by atoms with Gasteiger partial charge < -0.3 is 28.2 Å². The number of aryl methyl sites for hydroxylation is 2. The van der Waals surface area contributed by atoms with Crippen molar-refractivity contribution in [1.82, 2.24) is 23.3 Å². The van der Waals surface area contributed by atoms with Crippen molar-refractivity contribution in [2.75, 3.05) is 16.5 Å². The van der Waals surface area contributed by atoms with E-state index >= 15 is 0 Å². The van der Waals surface area contributed by atoms with Crippen LogP contribution in [0.2, 0.25) is 0 Å². The van der Waals surface area contributed by atoms with E-state index in [1.54, 1.807) is 0 Å². The maximum absolute atomic E-state index is 6.96. The molecule has 15 rings (SSSR count). The topological polar surface area (TPSA) is 48.3 Å². The highest BCUT2D eigenvalue weighted by atomic mass is 16.5. The van der Waals surface area contributed by atoms with Crippen molar-refractivity contribution in [2.45, 2.75) is 26.2 Å². The van der Waals surface area contributed by atoms with Crippen molar-refractivity contribution in [2.24, 2.45) is 14.1 Å². The van der Waals surface area contributed by atoms with E-state index in [1.165, 1.54) is 76.7 Å². The first-order valence-corrected chi connectivity index (χ1v) is 25.5. The first-order valence-electron chi connectivity index (χ1n) is 25.5. The Bertz CT molecular complexity index is 4510. The predicted octanol–water partition coefficient (Wildman–Crippen LogP) is 16.9. The normalized spacial score (nSPS) is 13.1. The molecule has 1 aliphatic heterocycles. The number of fused-ring (bicyclic) bond motifs is 13. The first kappa shape index (κ1) is 42.4. The Morgan fingerprint density at radius 1 is 0.405 bits per heavy atom. The van der Waals surface area contributed by atoms with E-state index in [2.05, 4.69) is 263 Å². The monoisotopic (exact) mass is 957 g/mol. The number of pyridine rings is 1. The lowest BCUT2D eigenvalue weighted by Gasteiger charge is -2.25. The van der Waals surface area contributed by atoms with E-state index in [-0.39, 0.29) is 5.41 Å². The minimum Gasteiger partial charge on any atom is -0.457 e. The third kappa shape index (κ3) is 6.11. The number of benzene rings is 9. The van der Waals surface area contributed by atoms with Gasteiger partial charge in [-0.1, -0.05) is 112 Å². The summed E-state index contributed by atoms with van der Waals surface area (Å²) in [6, 6.07) is 72.4. The summed E-state index contributed by atoms with van der Waals surface area (Å²) in [6.07, 6.45) is 1.94. The van der Waals surface area contributed by atoms with Gasteiger partial charge in [0.05, 0.1) is 50.2 Å². The van der Waals surface area contributed by atoms with Crippen LogP contribution in [0.15, 0.2) is 206 Å². The van der Waals surface area contributed by atoms with E-state index < -0.39 is 0 Å². The fourth-order valence-electron chi connectivity index (χ4n) is 12.3. The van der Waals surface area contributed by atoms with Crippen LogP contribution in [0.4, 0.5) is 22.7 Å². The average molecular weight is 958 g/mol. The molecule has 0 bridgehead atoms. The van der Waals surface area contributed by atoms with Crippen molar-refractivity contribution in [3.63, 3.8) is 0 Å². The number of hydrogen-bond donors (Lipinski definition) is 0. The molecule has 0 fully saturated rings. The maximum atomic E-state index is 6.96. The van der Waals surface area contributed by atoms with Gasteiger partial charge in [-0.25, -0.2) is 4.98 Å². The Balaban J connectivity index is 0.850. The largest absolute Gasteiger partial charge is 0.457 e. The van der Waals surface area contributed by atoms with Gasteiger partial charge in [-0.05, 0) is 108 Å². The van der Waals surface area contributed by atoms with Gasteiger partial charge in [0.2, 0.25) is 0 Å². The third-order valence-corrected chi connectivity index (χ3v) is 15.8. The summed E-state index contributed by atoms with van der Waals surface area (Å²) in [7, 11) is 4.42. The highest BCUT2D eigenvalue weighted by Gasteiger charge is 2.33. The molecule has 0 saturated heterocycles. The molecular weight excluding hydrogens is 907 g/mol. The number of rotatable bonds is 6. The Morgan fingerprint density at radius 3 is 1.61 bits per heavy atom. The standard InChI is InChI=1S/C66H51N7O/c1-66(2,3)41-33-34-67-62(35-41)73-58-32-29-43(72-56-25-12-8-19-46(56)47-20-9-13-26-57(47)72)37-51(58)50-31-30-45(38-61(50)73)74-44-18-16-17-42(36-44)70-40-71(60-28-15-14-27-59(60)70)65-63-52(48-21-6-10-23-54(48)68(63)4)39-53-49-22-7-11-24-55(49)69(5)64(53)65/h6-39H,40H2,1-5H3. The number of aromatic nitrogens is 5. The molecule has 5 aromatic heterocycles. The fourth-order valence-corrected chi connectivity index (χ4v) is 12.3. The molecule has 8 heteroatoms. The van der Waals surface area contributed by atoms with Crippen LogP contribution < -0.4 is 14.5 Å². The molecule has 9 aromatic carbocycles. The van der Waals surface area contributed by atoms with Gasteiger partial charge in [-0.3, -0.25) is 4.57 Å². The second-order valence-corrected chi connectivity index (χ2v) is 21.0. The van der Waals surface area contributed by atoms with E-state index in [9.17, 15) is 0 Å². The molecule has 0 atom stereocenters. The van der Waals surface area contributed by atoms with Crippen molar-refractivity contribution in [1.29, 1.82) is 0 Å². The third-order valence-electron chi connectivity index (χ3n) is 15.8. The lowest BCUT2D eigenvalue weighted by Crippen LogP contribution is -2.25. The highest BCUT2D eigenvalue weighted by Crippen LogP contribution is 2.51. The van der Waals surface area contributed by atoms with Crippen LogP contribution in [0.3, 0.4) is 0 Å². The Kier molecular flexibility index (Phi) is 8.95. The molecule has 0 amide bonds. The molecule has 1 aliphatic rings. The molecule has 74 heavy (non-hydrogen) atoms.